The molecule has 0 aromatic heterocycles. The van der Waals surface area contributed by atoms with E-state index in [9.17, 15) is 4.79 Å². The van der Waals surface area contributed by atoms with Crippen LogP contribution in [0.1, 0.15) is 32.1 Å². The number of hydrogen-bond acceptors (Lipinski definition) is 3. The smallest absolute Gasteiger partial charge is 0.411 e. The van der Waals surface area contributed by atoms with E-state index < -0.39 is 0 Å². The lowest BCUT2D eigenvalue weighted by Gasteiger charge is -2.21. The highest BCUT2D eigenvalue weighted by atomic mass is 16.6. The molecule has 1 amide bonds. The summed E-state index contributed by atoms with van der Waals surface area (Å²) in [6, 6.07) is 7.19. The Bertz CT molecular complexity index is 383. The predicted octanol–water partition coefficient (Wildman–Crippen LogP) is 3.58. The van der Waals surface area contributed by atoms with E-state index in [1.54, 1.807) is 31.4 Å². The first-order chi connectivity index (χ1) is 8.78. The number of rotatable bonds is 3. The molecular weight excluding hydrogens is 230 g/mol. The van der Waals surface area contributed by atoms with Crippen molar-refractivity contribution in [2.24, 2.45) is 0 Å². The predicted molar refractivity (Wildman–Crippen MR) is 70.0 cm³/mol. The monoisotopic (exact) mass is 249 g/mol. The number of benzene rings is 1. The van der Waals surface area contributed by atoms with Gasteiger partial charge in [-0.15, -0.1) is 0 Å². The molecule has 0 spiro atoms. The van der Waals surface area contributed by atoms with Crippen LogP contribution in [0, 0.1) is 0 Å². The van der Waals surface area contributed by atoms with E-state index in [0.717, 1.165) is 37.1 Å². The summed E-state index contributed by atoms with van der Waals surface area (Å²) in [6.45, 7) is 0. The maximum Gasteiger partial charge on any atom is 0.411 e. The van der Waals surface area contributed by atoms with Crippen LogP contribution in [0.4, 0.5) is 10.5 Å². The molecule has 0 bridgehead atoms. The molecule has 2 rings (SSSR count). The van der Waals surface area contributed by atoms with Crippen LogP contribution >= 0.6 is 0 Å². The number of hydrogen-bond donors (Lipinski definition) is 1. The Hall–Kier alpha value is -1.71. The number of carbonyl (C=O) groups excluding carboxylic acids is 1. The summed E-state index contributed by atoms with van der Waals surface area (Å²) in [6.07, 6.45) is 5.23. The molecular formula is C14H19NO3. The summed E-state index contributed by atoms with van der Waals surface area (Å²) in [5.74, 6) is 0.765. The average Bonchev–Trinajstić information content (AvgIpc) is 2.40. The van der Waals surface area contributed by atoms with Gasteiger partial charge >= 0.3 is 6.09 Å². The Kier molecular flexibility index (Phi) is 4.45. The molecule has 4 heteroatoms. The minimum absolute atomic E-state index is 0.0806. The molecule has 0 unspecified atom stereocenters. The third-order valence-electron chi connectivity index (χ3n) is 3.16. The van der Waals surface area contributed by atoms with Crippen molar-refractivity contribution in [3.63, 3.8) is 0 Å². The van der Waals surface area contributed by atoms with Crippen LogP contribution in [0.5, 0.6) is 5.75 Å². The minimum Gasteiger partial charge on any atom is -0.497 e. The highest BCUT2D eigenvalue weighted by Gasteiger charge is 2.17. The normalized spacial score (nSPS) is 16.1. The highest BCUT2D eigenvalue weighted by molar-refractivity contribution is 5.84. The van der Waals surface area contributed by atoms with Gasteiger partial charge in [0.2, 0.25) is 0 Å². The third kappa shape index (κ3) is 3.65. The minimum atomic E-state index is -0.368. The van der Waals surface area contributed by atoms with Crippen molar-refractivity contribution in [1.82, 2.24) is 0 Å². The quantitative estimate of drug-likeness (QED) is 0.890. The zero-order chi connectivity index (χ0) is 12.8. The molecule has 1 N–H and O–H groups in total. The fraction of sp³-hybridized carbons (Fsp3) is 0.500. The van der Waals surface area contributed by atoms with Gasteiger partial charge in [0.1, 0.15) is 11.9 Å². The number of carbonyl (C=O) groups is 1. The first kappa shape index (κ1) is 12.7. The van der Waals surface area contributed by atoms with Crippen molar-refractivity contribution >= 4 is 11.8 Å². The topological polar surface area (TPSA) is 47.6 Å². The average molecular weight is 249 g/mol. The van der Waals surface area contributed by atoms with Gasteiger partial charge in [0.25, 0.3) is 0 Å². The van der Waals surface area contributed by atoms with E-state index in [0.29, 0.717) is 0 Å². The zero-order valence-electron chi connectivity index (χ0n) is 10.6. The molecule has 1 aromatic rings. The van der Waals surface area contributed by atoms with Gasteiger partial charge in [-0.2, -0.15) is 0 Å². The van der Waals surface area contributed by atoms with Gasteiger partial charge in [0.05, 0.1) is 7.11 Å². The van der Waals surface area contributed by atoms with E-state index >= 15 is 0 Å². The molecule has 1 aliphatic rings. The lowest BCUT2D eigenvalue weighted by molar-refractivity contribution is 0.0865. The van der Waals surface area contributed by atoms with Crippen molar-refractivity contribution in [2.75, 3.05) is 12.4 Å². The zero-order valence-corrected chi connectivity index (χ0v) is 10.6. The van der Waals surface area contributed by atoms with Crippen LogP contribution in [0.2, 0.25) is 0 Å². The molecule has 98 valence electrons. The lowest BCUT2D eigenvalue weighted by Crippen LogP contribution is -2.24. The Labute approximate surface area is 107 Å². The SMILES string of the molecule is COc1ccc(NC(=O)OC2CCCCC2)cc1. The molecule has 0 aliphatic heterocycles. The van der Waals surface area contributed by atoms with Gasteiger partial charge in [-0.25, -0.2) is 4.79 Å². The van der Waals surface area contributed by atoms with E-state index in [4.69, 9.17) is 9.47 Å². The van der Waals surface area contributed by atoms with Crippen LogP contribution in [0.25, 0.3) is 0 Å². The molecule has 0 heterocycles. The Balaban J connectivity index is 1.82. The van der Waals surface area contributed by atoms with E-state index in [1.165, 1.54) is 6.42 Å². The number of anilines is 1. The van der Waals surface area contributed by atoms with Gasteiger partial charge in [-0.05, 0) is 49.9 Å². The maximum absolute atomic E-state index is 11.7. The molecule has 1 aromatic carbocycles. The van der Waals surface area contributed by atoms with Crippen molar-refractivity contribution in [2.45, 2.75) is 38.2 Å². The summed E-state index contributed by atoms with van der Waals surface area (Å²) < 4.78 is 10.4. The molecule has 1 aliphatic carbocycles. The van der Waals surface area contributed by atoms with Crippen molar-refractivity contribution in [1.29, 1.82) is 0 Å². The standard InChI is InChI=1S/C14H19NO3/c1-17-12-9-7-11(8-10-12)15-14(16)18-13-5-3-2-4-6-13/h7-10,13H,2-6H2,1H3,(H,15,16). The number of amides is 1. The molecule has 0 atom stereocenters. The van der Waals surface area contributed by atoms with Crippen molar-refractivity contribution < 1.29 is 14.3 Å². The summed E-state index contributed by atoms with van der Waals surface area (Å²) in [7, 11) is 1.61. The number of ether oxygens (including phenoxy) is 2. The first-order valence-corrected chi connectivity index (χ1v) is 6.39. The number of methoxy groups -OCH3 is 1. The Morgan fingerprint density at radius 1 is 1.17 bits per heavy atom. The summed E-state index contributed by atoms with van der Waals surface area (Å²) in [5.41, 5.74) is 0.719. The first-order valence-electron chi connectivity index (χ1n) is 6.39. The third-order valence-corrected chi connectivity index (χ3v) is 3.16. The highest BCUT2D eigenvalue weighted by Crippen LogP contribution is 2.21. The second kappa shape index (κ2) is 6.28. The van der Waals surface area contributed by atoms with Gasteiger partial charge < -0.3 is 9.47 Å². The van der Waals surface area contributed by atoms with E-state index in [-0.39, 0.29) is 12.2 Å². The fourth-order valence-electron chi connectivity index (χ4n) is 2.16. The van der Waals surface area contributed by atoms with Crippen LogP contribution in [0.15, 0.2) is 24.3 Å². The van der Waals surface area contributed by atoms with Gasteiger partial charge in [0.15, 0.2) is 0 Å². The van der Waals surface area contributed by atoms with Gasteiger partial charge in [-0.3, -0.25) is 5.32 Å². The van der Waals surface area contributed by atoms with Crippen molar-refractivity contribution in [3.05, 3.63) is 24.3 Å². The molecule has 1 saturated carbocycles. The number of nitrogens with one attached hydrogen (secondary N) is 1. The van der Waals surface area contributed by atoms with Gasteiger partial charge in [-0.1, -0.05) is 6.42 Å². The maximum atomic E-state index is 11.7. The van der Waals surface area contributed by atoms with Crippen LogP contribution < -0.4 is 10.1 Å². The van der Waals surface area contributed by atoms with E-state index in [2.05, 4.69) is 5.32 Å². The van der Waals surface area contributed by atoms with Crippen LogP contribution in [-0.4, -0.2) is 19.3 Å². The summed E-state index contributed by atoms with van der Waals surface area (Å²) in [5, 5.41) is 2.72. The Morgan fingerprint density at radius 2 is 1.83 bits per heavy atom. The second-order valence-corrected chi connectivity index (χ2v) is 4.52. The second-order valence-electron chi connectivity index (χ2n) is 4.52. The van der Waals surface area contributed by atoms with Crippen LogP contribution in [-0.2, 0) is 4.74 Å². The van der Waals surface area contributed by atoms with Gasteiger partial charge in [0, 0.05) is 5.69 Å². The van der Waals surface area contributed by atoms with Crippen molar-refractivity contribution in [3.8, 4) is 5.75 Å². The largest absolute Gasteiger partial charge is 0.497 e. The molecule has 0 radical (unpaired) electrons. The molecule has 18 heavy (non-hydrogen) atoms. The summed E-state index contributed by atoms with van der Waals surface area (Å²) >= 11 is 0. The Morgan fingerprint density at radius 3 is 2.44 bits per heavy atom. The lowest BCUT2D eigenvalue weighted by atomic mass is 9.98. The molecule has 0 saturated heterocycles. The van der Waals surface area contributed by atoms with E-state index in [1.807, 2.05) is 0 Å². The molecule has 4 nitrogen and oxygen atoms in total. The summed E-state index contributed by atoms with van der Waals surface area (Å²) in [4.78, 5) is 11.7. The molecule has 1 fully saturated rings. The fourth-order valence-corrected chi connectivity index (χ4v) is 2.16. The van der Waals surface area contributed by atoms with Crippen LogP contribution in [0.3, 0.4) is 0 Å².